The van der Waals surface area contributed by atoms with Crippen LogP contribution in [0.15, 0.2) is 18.2 Å². The first kappa shape index (κ1) is 17.3. The molecule has 1 aromatic rings. The third-order valence-corrected chi connectivity index (χ3v) is 6.66. The monoisotopic (exact) mass is 306 g/mol. The van der Waals surface area contributed by atoms with Crippen LogP contribution in [0.4, 0.5) is 0 Å². The first-order valence-corrected chi connectivity index (χ1v) is 8.09. The maximum absolute atomic E-state index is 10.4. The average molecular weight is 306 g/mol. The first-order valence-electron chi connectivity index (χ1n) is 8.09. The summed E-state index contributed by atoms with van der Waals surface area (Å²) in [6, 6.07) is 5.96. The van der Waals surface area contributed by atoms with Crippen molar-refractivity contribution in [1.82, 2.24) is 12.3 Å². The highest BCUT2D eigenvalue weighted by molar-refractivity contribution is 5.40. The van der Waals surface area contributed by atoms with E-state index < -0.39 is 0 Å². The van der Waals surface area contributed by atoms with Crippen molar-refractivity contribution in [3.63, 3.8) is 0 Å². The lowest BCUT2D eigenvalue weighted by Crippen LogP contribution is -2.43. The minimum Gasteiger partial charge on any atom is -0.508 e. The fourth-order valence-corrected chi connectivity index (χ4v) is 5.54. The van der Waals surface area contributed by atoms with Gasteiger partial charge < -0.3 is 22.5 Å². The number of rotatable bonds is 0. The van der Waals surface area contributed by atoms with Gasteiger partial charge in [-0.3, -0.25) is 0 Å². The normalized spacial score (nSPS) is 38.8. The van der Waals surface area contributed by atoms with E-state index in [4.69, 9.17) is 0 Å². The summed E-state index contributed by atoms with van der Waals surface area (Å²) in [4.78, 5) is 0. The molecule has 1 aromatic carbocycles. The van der Waals surface area contributed by atoms with Crippen LogP contribution in [-0.4, -0.2) is 16.3 Å². The van der Waals surface area contributed by atoms with Gasteiger partial charge in [-0.1, -0.05) is 13.0 Å². The molecule has 124 valence electrons. The van der Waals surface area contributed by atoms with E-state index in [1.807, 2.05) is 12.1 Å². The van der Waals surface area contributed by atoms with Crippen LogP contribution >= 0.6 is 0 Å². The molecule has 0 radical (unpaired) electrons. The summed E-state index contributed by atoms with van der Waals surface area (Å²) in [6.45, 7) is 2.32. The molecule has 4 rings (SSSR count). The number of fused-ring (bicyclic) bond motifs is 5. The van der Waals surface area contributed by atoms with Crippen LogP contribution in [0.5, 0.6) is 5.75 Å². The third kappa shape index (κ3) is 2.25. The quantitative estimate of drug-likeness (QED) is 0.582. The van der Waals surface area contributed by atoms with Crippen molar-refractivity contribution in [2.24, 2.45) is 17.3 Å². The van der Waals surface area contributed by atoms with E-state index in [2.05, 4.69) is 13.0 Å². The van der Waals surface area contributed by atoms with Crippen molar-refractivity contribution in [2.45, 2.75) is 57.5 Å². The van der Waals surface area contributed by atoms with Crippen LogP contribution in [0, 0.1) is 17.3 Å². The Labute approximate surface area is 133 Å². The second kappa shape index (κ2) is 5.84. The predicted octanol–water partition coefficient (Wildman–Crippen LogP) is 3.93. The zero-order chi connectivity index (χ0) is 13.9. The Morgan fingerprint density at radius 3 is 2.64 bits per heavy atom. The number of aliphatic hydroxyl groups is 1. The summed E-state index contributed by atoms with van der Waals surface area (Å²) >= 11 is 0. The van der Waals surface area contributed by atoms with Crippen molar-refractivity contribution >= 4 is 0 Å². The van der Waals surface area contributed by atoms with Gasteiger partial charge in [0.15, 0.2) is 0 Å². The number of phenols is 1. The van der Waals surface area contributed by atoms with Gasteiger partial charge in [0.05, 0.1) is 6.10 Å². The summed E-state index contributed by atoms with van der Waals surface area (Å²) in [5.41, 5.74) is 2.99. The molecular formula is C18H30N2O2. The minimum atomic E-state index is -0.0883. The molecule has 0 amide bonds. The molecule has 8 N–H and O–H groups in total. The van der Waals surface area contributed by atoms with Crippen molar-refractivity contribution in [3.8, 4) is 5.75 Å². The lowest BCUT2D eigenvalue weighted by atomic mass is 9.55. The summed E-state index contributed by atoms with van der Waals surface area (Å²) in [5, 5.41) is 20.0. The van der Waals surface area contributed by atoms with E-state index in [-0.39, 0.29) is 23.8 Å². The van der Waals surface area contributed by atoms with Crippen molar-refractivity contribution in [3.05, 3.63) is 29.3 Å². The van der Waals surface area contributed by atoms with E-state index in [0.717, 1.165) is 25.2 Å². The highest BCUT2D eigenvalue weighted by Gasteiger charge is 2.54. The van der Waals surface area contributed by atoms with Gasteiger partial charge in [-0.25, -0.2) is 0 Å². The smallest absolute Gasteiger partial charge is 0.115 e. The second-order valence-corrected chi connectivity index (χ2v) is 7.44. The number of benzene rings is 1. The maximum Gasteiger partial charge on any atom is 0.115 e. The molecule has 0 bridgehead atoms. The summed E-state index contributed by atoms with van der Waals surface area (Å²) in [6.07, 6.45) is 6.78. The first-order chi connectivity index (χ1) is 9.59. The van der Waals surface area contributed by atoms with E-state index >= 15 is 0 Å². The zero-order valence-corrected chi connectivity index (χ0v) is 13.6. The molecule has 2 fully saturated rings. The average Bonchev–Trinajstić information content (AvgIpc) is 2.74. The van der Waals surface area contributed by atoms with Crippen LogP contribution < -0.4 is 12.3 Å². The van der Waals surface area contributed by atoms with Gasteiger partial charge in [0.25, 0.3) is 0 Å². The highest BCUT2D eigenvalue weighted by Crippen LogP contribution is 2.60. The molecule has 3 aliphatic rings. The Bertz CT molecular complexity index is 548. The van der Waals surface area contributed by atoms with Crippen LogP contribution in [0.2, 0.25) is 0 Å². The van der Waals surface area contributed by atoms with E-state index in [9.17, 15) is 10.2 Å². The molecule has 0 unspecified atom stereocenters. The van der Waals surface area contributed by atoms with E-state index in [0.29, 0.717) is 17.6 Å². The van der Waals surface area contributed by atoms with Crippen molar-refractivity contribution in [2.75, 3.05) is 0 Å². The molecule has 0 aliphatic heterocycles. The van der Waals surface area contributed by atoms with Gasteiger partial charge in [0.2, 0.25) is 0 Å². The van der Waals surface area contributed by atoms with Gasteiger partial charge in [-0.2, -0.15) is 0 Å². The minimum absolute atomic E-state index is 0. The topological polar surface area (TPSA) is 110 Å². The van der Waals surface area contributed by atoms with Crippen molar-refractivity contribution in [1.29, 1.82) is 0 Å². The van der Waals surface area contributed by atoms with E-state index in [1.165, 1.54) is 30.4 Å². The third-order valence-electron chi connectivity index (χ3n) is 6.66. The number of aliphatic hydroxyl groups excluding tert-OH is 1. The number of aromatic hydroxyl groups is 1. The Morgan fingerprint density at radius 2 is 1.86 bits per heavy atom. The van der Waals surface area contributed by atoms with Gasteiger partial charge in [0.1, 0.15) is 5.75 Å². The predicted molar refractivity (Wildman–Crippen MR) is 88.8 cm³/mol. The molecular weight excluding hydrogens is 276 g/mol. The Morgan fingerprint density at radius 1 is 1.09 bits per heavy atom. The van der Waals surface area contributed by atoms with Gasteiger partial charge in [0, 0.05) is 0 Å². The molecule has 0 spiro atoms. The van der Waals surface area contributed by atoms with Crippen molar-refractivity contribution < 1.29 is 10.2 Å². The van der Waals surface area contributed by atoms with Crippen LogP contribution in [-0.2, 0) is 6.42 Å². The maximum atomic E-state index is 10.4. The molecule has 0 saturated heterocycles. The Kier molecular flexibility index (Phi) is 4.58. The summed E-state index contributed by atoms with van der Waals surface area (Å²) in [7, 11) is 0. The van der Waals surface area contributed by atoms with E-state index in [1.54, 1.807) is 0 Å². The standard InChI is InChI=1S/C18H24O2.2H3N/c1-18-9-8-14-13-5-3-12(19)10-11(13)2-4-15(14)16(18)6-7-17(18)20;;/h3,5,10,14-17,19-20H,2,4,6-9H2,1H3;2*1H3/t14-,15-,16+,17+,18+;;/m1../s1. The van der Waals surface area contributed by atoms with Crippen LogP contribution in [0.1, 0.15) is 56.1 Å². The lowest BCUT2D eigenvalue weighted by Gasteiger charge is -2.50. The molecule has 0 heterocycles. The fourth-order valence-electron chi connectivity index (χ4n) is 5.54. The molecule has 22 heavy (non-hydrogen) atoms. The second-order valence-electron chi connectivity index (χ2n) is 7.44. The molecule has 4 nitrogen and oxygen atoms in total. The number of hydrogen-bond donors (Lipinski definition) is 4. The lowest BCUT2D eigenvalue weighted by molar-refractivity contribution is -0.0226. The highest BCUT2D eigenvalue weighted by atomic mass is 16.3. The molecule has 3 aliphatic carbocycles. The van der Waals surface area contributed by atoms with Crippen LogP contribution in [0.25, 0.3) is 0 Å². The SMILES string of the molecule is C[C@]12CC[C@@H]3c4ccc(O)cc4CC[C@H]3[C@@H]1CC[C@@H]2O.N.N. The largest absolute Gasteiger partial charge is 0.508 e. The zero-order valence-electron chi connectivity index (χ0n) is 13.6. The van der Waals surface area contributed by atoms with Gasteiger partial charge in [-0.15, -0.1) is 0 Å². The van der Waals surface area contributed by atoms with Gasteiger partial charge >= 0.3 is 0 Å². The number of phenolic OH excluding ortho intramolecular Hbond substituents is 1. The van der Waals surface area contributed by atoms with Gasteiger partial charge in [-0.05, 0) is 85.0 Å². The summed E-state index contributed by atoms with van der Waals surface area (Å²) < 4.78 is 0. The summed E-state index contributed by atoms with van der Waals surface area (Å²) in [5.74, 6) is 2.49. The Balaban J connectivity index is 0.000000882. The molecule has 2 saturated carbocycles. The number of aryl methyl sites for hydroxylation is 1. The van der Waals surface area contributed by atoms with Crippen LogP contribution in [0.3, 0.4) is 0 Å². The Hall–Kier alpha value is -1.10. The molecule has 5 atom stereocenters. The molecule has 4 heteroatoms. The molecule has 0 aromatic heterocycles. The number of hydrogen-bond acceptors (Lipinski definition) is 4. The fraction of sp³-hybridized carbons (Fsp3) is 0.667.